The lowest BCUT2D eigenvalue weighted by Gasteiger charge is -2.51. The first-order valence-electron chi connectivity index (χ1n) is 8.90. The summed E-state index contributed by atoms with van der Waals surface area (Å²) in [6.45, 7) is 3.63. The van der Waals surface area contributed by atoms with E-state index in [0.717, 1.165) is 12.6 Å². The van der Waals surface area contributed by atoms with Crippen LogP contribution in [0.25, 0.3) is 0 Å². The Kier molecular flexibility index (Phi) is 3.66. The molecule has 2 aliphatic carbocycles. The summed E-state index contributed by atoms with van der Waals surface area (Å²) in [6.07, 6.45) is 11.5. The van der Waals surface area contributed by atoms with Crippen molar-refractivity contribution in [3.8, 4) is 0 Å². The molecule has 0 aromatic heterocycles. The van der Waals surface area contributed by atoms with Gasteiger partial charge in [-0.1, -0.05) is 37.8 Å². The Morgan fingerprint density at radius 1 is 0.952 bits per heavy atom. The number of hydrogen-bond donors (Lipinski definition) is 1. The maximum Gasteiger partial charge on any atom is 0.0366 e. The monoisotopic (exact) mass is 284 g/mol. The molecule has 1 aliphatic heterocycles. The zero-order valence-corrected chi connectivity index (χ0v) is 13.1. The Bertz CT molecular complexity index is 459. The molecular formula is C19H28N2. The van der Waals surface area contributed by atoms with Crippen LogP contribution in [0.3, 0.4) is 0 Å². The number of anilines is 1. The maximum atomic E-state index is 3.59. The van der Waals surface area contributed by atoms with Crippen molar-refractivity contribution in [2.75, 3.05) is 18.0 Å². The molecule has 1 heterocycles. The fourth-order valence-corrected chi connectivity index (χ4v) is 4.12. The summed E-state index contributed by atoms with van der Waals surface area (Å²) in [5.74, 6) is 0. The van der Waals surface area contributed by atoms with E-state index in [9.17, 15) is 0 Å². The minimum atomic E-state index is 0.669. The molecule has 3 fully saturated rings. The lowest BCUT2D eigenvalue weighted by Crippen LogP contribution is -2.56. The van der Waals surface area contributed by atoms with Crippen LogP contribution >= 0.6 is 0 Å². The average Bonchev–Trinajstić information content (AvgIpc) is 3.30. The van der Waals surface area contributed by atoms with E-state index in [-0.39, 0.29) is 0 Å². The smallest absolute Gasteiger partial charge is 0.0366 e. The van der Waals surface area contributed by atoms with Gasteiger partial charge >= 0.3 is 0 Å². The van der Waals surface area contributed by atoms with Gasteiger partial charge in [-0.3, -0.25) is 0 Å². The zero-order chi connectivity index (χ0) is 14.1. The Balaban J connectivity index is 1.32. The molecule has 0 unspecified atom stereocenters. The van der Waals surface area contributed by atoms with E-state index in [1.165, 1.54) is 75.7 Å². The van der Waals surface area contributed by atoms with Crippen LogP contribution in [0.4, 0.5) is 5.69 Å². The molecule has 2 heteroatoms. The molecule has 114 valence electrons. The molecule has 0 bridgehead atoms. The predicted octanol–water partition coefficient (Wildman–Crippen LogP) is 4.10. The molecule has 21 heavy (non-hydrogen) atoms. The van der Waals surface area contributed by atoms with Gasteiger partial charge in [-0.05, 0) is 43.4 Å². The van der Waals surface area contributed by atoms with Gasteiger partial charge in [0.15, 0.2) is 0 Å². The van der Waals surface area contributed by atoms with Crippen LogP contribution in [0, 0.1) is 5.41 Å². The van der Waals surface area contributed by atoms with Crippen LogP contribution < -0.4 is 10.2 Å². The molecule has 2 saturated carbocycles. The van der Waals surface area contributed by atoms with Crippen LogP contribution in [0.1, 0.15) is 56.9 Å². The van der Waals surface area contributed by atoms with E-state index in [1.54, 1.807) is 0 Å². The van der Waals surface area contributed by atoms with Gasteiger partial charge < -0.3 is 10.2 Å². The molecule has 1 saturated heterocycles. The first-order chi connectivity index (χ1) is 10.3. The summed E-state index contributed by atoms with van der Waals surface area (Å²) in [5, 5.41) is 3.59. The van der Waals surface area contributed by atoms with Gasteiger partial charge in [0.1, 0.15) is 0 Å². The molecule has 1 aromatic rings. The van der Waals surface area contributed by atoms with Crippen LogP contribution in [0.5, 0.6) is 0 Å². The molecule has 1 aromatic carbocycles. The first kappa shape index (κ1) is 13.6. The number of benzene rings is 1. The fourth-order valence-electron chi connectivity index (χ4n) is 4.12. The van der Waals surface area contributed by atoms with E-state index in [2.05, 4.69) is 34.5 Å². The van der Waals surface area contributed by atoms with Gasteiger partial charge in [0, 0.05) is 36.8 Å². The van der Waals surface area contributed by atoms with Crippen molar-refractivity contribution in [2.45, 2.75) is 64.0 Å². The van der Waals surface area contributed by atoms with Gasteiger partial charge in [0.2, 0.25) is 0 Å². The minimum absolute atomic E-state index is 0.669. The second-order valence-electron chi connectivity index (χ2n) is 7.59. The molecular weight excluding hydrogens is 256 g/mol. The van der Waals surface area contributed by atoms with Gasteiger partial charge in [-0.25, -0.2) is 0 Å². The highest BCUT2D eigenvalue weighted by molar-refractivity contribution is 5.51. The van der Waals surface area contributed by atoms with Crippen molar-refractivity contribution in [3.05, 3.63) is 29.8 Å². The summed E-state index contributed by atoms with van der Waals surface area (Å²) in [4.78, 5) is 2.59. The van der Waals surface area contributed by atoms with Gasteiger partial charge in [0.05, 0.1) is 0 Å². The number of nitrogens with zero attached hydrogens (tertiary/aromatic N) is 1. The zero-order valence-electron chi connectivity index (χ0n) is 13.1. The quantitative estimate of drug-likeness (QED) is 0.895. The van der Waals surface area contributed by atoms with Crippen LogP contribution in [-0.4, -0.2) is 19.1 Å². The number of hydrogen-bond acceptors (Lipinski definition) is 2. The van der Waals surface area contributed by atoms with Crippen LogP contribution in [0.2, 0.25) is 0 Å². The van der Waals surface area contributed by atoms with Crippen molar-refractivity contribution in [1.29, 1.82) is 0 Å². The second kappa shape index (κ2) is 5.64. The molecule has 0 radical (unpaired) electrons. The Labute approximate surface area is 128 Å². The normalized spacial score (nSPS) is 24.7. The van der Waals surface area contributed by atoms with E-state index < -0.39 is 0 Å². The van der Waals surface area contributed by atoms with E-state index >= 15 is 0 Å². The molecule has 0 amide bonds. The summed E-state index contributed by atoms with van der Waals surface area (Å²) in [6, 6.07) is 10.1. The average molecular weight is 284 g/mol. The molecule has 3 aliphatic rings. The van der Waals surface area contributed by atoms with E-state index in [0.29, 0.717) is 5.41 Å². The fraction of sp³-hybridized carbons (Fsp3) is 0.684. The number of nitrogens with one attached hydrogen (secondary N) is 1. The Morgan fingerprint density at radius 3 is 2.24 bits per heavy atom. The molecule has 2 nitrogen and oxygen atoms in total. The Morgan fingerprint density at radius 2 is 1.62 bits per heavy atom. The molecule has 1 spiro atoms. The molecule has 4 rings (SSSR count). The van der Waals surface area contributed by atoms with Crippen molar-refractivity contribution in [3.63, 3.8) is 0 Å². The van der Waals surface area contributed by atoms with Gasteiger partial charge in [0.25, 0.3) is 0 Å². The van der Waals surface area contributed by atoms with Crippen molar-refractivity contribution < 1.29 is 0 Å². The third-order valence-electron chi connectivity index (χ3n) is 5.69. The topological polar surface area (TPSA) is 15.3 Å². The lowest BCUT2D eigenvalue weighted by molar-refractivity contribution is 0.180. The lowest BCUT2D eigenvalue weighted by atomic mass is 9.73. The third-order valence-corrected chi connectivity index (χ3v) is 5.69. The van der Waals surface area contributed by atoms with Crippen molar-refractivity contribution in [2.24, 2.45) is 5.41 Å². The van der Waals surface area contributed by atoms with Crippen LogP contribution in [0.15, 0.2) is 24.3 Å². The molecule has 0 atom stereocenters. The number of rotatable bonds is 4. The standard InChI is InChI=1S/C19H28N2/c1-2-4-12-19(11-3-1)14-21(15-19)18-9-5-16(6-10-18)13-20-17-7-8-17/h5-6,9-10,17,20H,1-4,7-8,11-15H2. The Hall–Kier alpha value is -1.02. The third kappa shape index (κ3) is 3.11. The first-order valence-corrected chi connectivity index (χ1v) is 8.90. The van der Waals surface area contributed by atoms with Gasteiger partial charge in [-0.2, -0.15) is 0 Å². The summed E-state index contributed by atoms with van der Waals surface area (Å²) < 4.78 is 0. The highest BCUT2D eigenvalue weighted by Crippen LogP contribution is 2.44. The van der Waals surface area contributed by atoms with Gasteiger partial charge in [-0.15, -0.1) is 0 Å². The predicted molar refractivity (Wildman–Crippen MR) is 88.7 cm³/mol. The summed E-state index contributed by atoms with van der Waals surface area (Å²) >= 11 is 0. The second-order valence-corrected chi connectivity index (χ2v) is 7.59. The molecule has 1 N–H and O–H groups in total. The summed E-state index contributed by atoms with van der Waals surface area (Å²) in [5.41, 5.74) is 3.53. The van der Waals surface area contributed by atoms with Crippen molar-refractivity contribution >= 4 is 5.69 Å². The largest absolute Gasteiger partial charge is 0.370 e. The SMILES string of the molecule is c1cc(N2CC3(CCCCCC3)C2)ccc1CNC1CC1. The minimum Gasteiger partial charge on any atom is -0.370 e. The highest BCUT2D eigenvalue weighted by Gasteiger charge is 2.42. The van der Waals surface area contributed by atoms with Crippen LogP contribution in [-0.2, 0) is 6.54 Å². The van der Waals surface area contributed by atoms with Crippen molar-refractivity contribution in [1.82, 2.24) is 5.32 Å². The highest BCUT2D eigenvalue weighted by atomic mass is 15.2. The van der Waals surface area contributed by atoms with E-state index in [4.69, 9.17) is 0 Å². The summed E-state index contributed by atoms with van der Waals surface area (Å²) in [7, 11) is 0. The van der Waals surface area contributed by atoms with E-state index in [1.807, 2.05) is 0 Å². The maximum absolute atomic E-state index is 3.59.